The number of rotatable bonds is 4. The number of hydrogen-bond donors (Lipinski definition) is 1. The van der Waals surface area contributed by atoms with Crippen molar-refractivity contribution >= 4 is 5.91 Å². The molecule has 1 atom stereocenters. The summed E-state index contributed by atoms with van der Waals surface area (Å²) in [6, 6.07) is 0.504. The van der Waals surface area contributed by atoms with Crippen molar-refractivity contribution in [1.82, 2.24) is 20.0 Å². The molecule has 1 aromatic rings. The first-order valence-electron chi connectivity index (χ1n) is 7.07. The molecule has 0 spiro atoms. The van der Waals surface area contributed by atoms with Gasteiger partial charge in [0.1, 0.15) is 0 Å². The monoisotopic (exact) mass is 264 g/mol. The Kier molecular flexibility index (Phi) is 4.58. The molecular formula is C14H24N4O. The van der Waals surface area contributed by atoms with Crippen LogP contribution < -0.4 is 5.32 Å². The van der Waals surface area contributed by atoms with Crippen LogP contribution in [0.3, 0.4) is 0 Å². The minimum absolute atomic E-state index is 0.113. The fourth-order valence-corrected chi connectivity index (χ4v) is 2.53. The van der Waals surface area contributed by atoms with Gasteiger partial charge in [-0.1, -0.05) is 13.8 Å². The highest BCUT2D eigenvalue weighted by Gasteiger charge is 2.25. The minimum atomic E-state index is 0.113. The Hall–Kier alpha value is -1.36. The maximum absolute atomic E-state index is 12.3. The predicted octanol–water partition coefficient (Wildman–Crippen LogP) is 1.27. The molecule has 1 fully saturated rings. The van der Waals surface area contributed by atoms with E-state index in [2.05, 4.69) is 24.3 Å². The molecule has 0 aromatic carbocycles. The van der Waals surface area contributed by atoms with Gasteiger partial charge in [-0.2, -0.15) is 5.10 Å². The van der Waals surface area contributed by atoms with Crippen molar-refractivity contribution in [2.75, 3.05) is 19.6 Å². The summed E-state index contributed by atoms with van der Waals surface area (Å²) >= 11 is 0. The van der Waals surface area contributed by atoms with E-state index in [1.807, 2.05) is 11.9 Å². The third-order valence-corrected chi connectivity index (χ3v) is 3.57. The molecule has 0 saturated carbocycles. The zero-order chi connectivity index (χ0) is 13.8. The van der Waals surface area contributed by atoms with Gasteiger partial charge in [0.05, 0.1) is 11.8 Å². The zero-order valence-electron chi connectivity index (χ0n) is 12.1. The van der Waals surface area contributed by atoms with Gasteiger partial charge in [-0.15, -0.1) is 0 Å². The van der Waals surface area contributed by atoms with Crippen molar-refractivity contribution in [3.05, 3.63) is 18.0 Å². The highest BCUT2D eigenvalue weighted by molar-refractivity contribution is 5.93. The Balaban J connectivity index is 1.91. The van der Waals surface area contributed by atoms with Crippen LogP contribution in [0.2, 0.25) is 0 Å². The highest BCUT2D eigenvalue weighted by atomic mass is 16.2. The van der Waals surface area contributed by atoms with E-state index in [0.717, 1.165) is 26.1 Å². The largest absolute Gasteiger partial charge is 0.338 e. The zero-order valence-corrected chi connectivity index (χ0v) is 12.1. The van der Waals surface area contributed by atoms with Crippen LogP contribution in [0, 0.1) is 5.92 Å². The Labute approximate surface area is 115 Å². The lowest BCUT2D eigenvalue weighted by Crippen LogP contribution is -2.43. The van der Waals surface area contributed by atoms with Crippen LogP contribution in [0.25, 0.3) is 0 Å². The number of carbonyl (C=O) groups is 1. The van der Waals surface area contributed by atoms with Crippen molar-refractivity contribution in [2.45, 2.75) is 32.7 Å². The smallest absolute Gasteiger partial charge is 0.257 e. The van der Waals surface area contributed by atoms with E-state index in [9.17, 15) is 4.79 Å². The highest BCUT2D eigenvalue weighted by Crippen LogP contribution is 2.18. The van der Waals surface area contributed by atoms with E-state index >= 15 is 0 Å². The Morgan fingerprint density at radius 1 is 1.58 bits per heavy atom. The maximum Gasteiger partial charge on any atom is 0.257 e. The Morgan fingerprint density at radius 2 is 2.37 bits per heavy atom. The molecule has 1 aromatic heterocycles. The first-order chi connectivity index (χ1) is 9.06. The molecule has 5 heteroatoms. The number of aryl methyl sites for hydroxylation is 1. The predicted molar refractivity (Wildman–Crippen MR) is 75.0 cm³/mol. The Bertz CT molecular complexity index is 427. The van der Waals surface area contributed by atoms with Gasteiger partial charge < -0.3 is 10.2 Å². The number of likely N-dealkylation sites (tertiary alicyclic amines) is 1. The lowest BCUT2D eigenvalue weighted by Gasteiger charge is -2.33. The van der Waals surface area contributed by atoms with Gasteiger partial charge in [0.15, 0.2) is 0 Å². The molecule has 0 bridgehead atoms. The van der Waals surface area contributed by atoms with E-state index in [4.69, 9.17) is 0 Å². The first-order valence-corrected chi connectivity index (χ1v) is 7.07. The third-order valence-electron chi connectivity index (χ3n) is 3.57. The summed E-state index contributed by atoms with van der Waals surface area (Å²) in [4.78, 5) is 14.3. The number of piperidine rings is 1. The molecule has 1 unspecified atom stereocenters. The first kappa shape index (κ1) is 14.1. The van der Waals surface area contributed by atoms with Crippen molar-refractivity contribution in [3.63, 3.8) is 0 Å². The van der Waals surface area contributed by atoms with Crippen LogP contribution in [-0.2, 0) is 7.05 Å². The van der Waals surface area contributed by atoms with Crippen molar-refractivity contribution in [3.8, 4) is 0 Å². The third kappa shape index (κ3) is 3.80. The fraction of sp³-hybridized carbons (Fsp3) is 0.714. The lowest BCUT2D eigenvalue weighted by atomic mass is 9.97. The average molecular weight is 264 g/mol. The second-order valence-electron chi connectivity index (χ2n) is 5.73. The second-order valence-corrected chi connectivity index (χ2v) is 5.73. The summed E-state index contributed by atoms with van der Waals surface area (Å²) in [6.07, 6.45) is 5.74. The summed E-state index contributed by atoms with van der Waals surface area (Å²) in [5.74, 6) is 0.680. The molecule has 0 radical (unpaired) electrons. The Morgan fingerprint density at radius 3 is 3.00 bits per heavy atom. The summed E-state index contributed by atoms with van der Waals surface area (Å²) in [6.45, 7) is 7.02. The number of nitrogens with zero attached hydrogens (tertiary/aromatic N) is 3. The van der Waals surface area contributed by atoms with Gasteiger partial charge in [-0.25, -0.2) is 0 Å². The fourth-order valence-electron chi connectivity index (χ4n) is 2.53. The molecule has 2 rings (SSSR count). The summed E-state index contributed by atoms with van der Waals surface area (Å²) < 4.78 is 1.68. The van der Waals surface area contributed by atoms with Crippen molar-refractivity contribution in [1.29, 1.82) is 0 Å². The SMILES string of the molecule is CC(C)NCC1CCCN(C(=O)c2cnn(C)c2)C1. The number of aromatic nitrogens is 2. The van der Waals surface area contributed by atoms with Crippen LogP contribution in [0.5, 0.6) is 0 Å². The van der Waals surface area contributed by atoms with Gasteiger partial charge in [-0.3, -0.25) is 9.48 Å². The molecule has 1 saturated heterocycles. The molecule has 5 nitrogen and oxygen atoms in total. The normalized spacial score (nSPS) is 20.0. The minimum Gasteiger partial charge on any atom is -0.338 e. The number of carbonyl (C=O) groups excluding carboxylic acids is 1. The molecule has 2 heterocycles. The number of amides is 1. The van der Waals surface area contributed by atoms with Gasteiger partial charge >= 0.3 is 0 Å². The molecule has 19 heavy (non-hydrogen) atoms. The van der Waals surface area contributed by atoms with Crippen LogP contribution in [0.15, 0.2) is 12.4 Å². The van der Waals surface area contributed by atoms with Crippen LogP contribution >= 0.6 is 0 Å². The summed E-state index contributed by atoms with van der Waals surface area (Å²) in [7, 11) is 1.84. The summed E-state index contributed by atoms with van der Waals surface area (Å²) in [5.41, 5.74) is 0.694. The molecule has 1 aliphatic rings. The van der Waals surface area contributed by atoms with E-state index in [0.29, 0.717) is 17.5 Å². The topological polar surface area (TPSA) is 50.2 Å². The van der Waals surface area contributed by atoms with Gasteiger partial charge in [0, 0.05) is 32.4 Å². The van der Waals surface area contributed by atoms with E-state index in [1.54, 1.807) is 17.1 Å². The van der Waals surface area contributed by atoms with E-state index in [-0.39, 0.29) is 5.91 Å². The lowest BCUT2D eigenvalue weighted by molar-refractivity contribution is 0.0672. The molecule has 106 valence electrons. The van der Waals surface area contributed by atoms with Crippen LogP contribution in [-0.4, -0.2) is 46.3 Å². The molecule has 1 aliphatic heterocycles. The second kappa shape index (κ2) is 6.19. The number of hydrogen-bond acceptors (Lipinski definition) is 3. The van der Waals surface area contributed by atoms with Gasteiger partial charge in [-0.05, 0) is 25.3 Å². The standard InChI is InChI=1S/C14H24N4O/c1-11(2)15-7-12-5-4-6-18(9-12)14(19)13-8-16-17(3)10-13/h8,10-12,15H,4-7,9H2,1-3H3. The van der Waals surface area contributed by atoms with E-state index in [1.165, 1.54) is 6.42 Å². The van der Waals surface area contributed by atoms with Crippen LogP contribution in [0.1, 0.15) is 37.0 Å². The molecule has 0 aliphatic carbocycles. The summed E-state index contributed by atoms with van der Waals surface area (Å²) in [5, 5.41) is 7.53. The van der Waals surface area contributed by atoms with Crippen molar-refractivity contribution < 1.29 is 4.79 Å². The maximum atomic E-state index is 12.3. The van der Waals surface area contributed by atoms with E-state index < -0.39 is 0 Å². The number of nitrogens with one attached hydrogen (secondary N) is 1. The molecular weight excluding hydrogens is 240 g/mol. The molecule has 1 N–H and O–H groups in total. The van der Waals surface area contributed by atoms with Gasteiger partial charge in [0.2, 0.25) is 0 Å². The van der Waals surface area contributed by atoms with Gasteiger partial charge in [0.25, 0.3) is 5.91 Å². The van der Waals surface area contributed by atoms with Crippen LogP contribution in [0.4, 0.5) is 0 Å². The quantitative estimate of drug-likeness (QED) is 0.891. The average Bonchev–Trinajstić information content (AvgIpc) is 2.82. The van der Waals surface area contributed by atoms with Crippen molar-refractivity contribution in [2.24, 2.45) is 13.0 Å². The molecule has 1 amide bonds.